The van der Waals surface area contributed by atoms with Crippen LogP contribution in [-0.4, -0.2) is 5.78 Å². The monoisotopic (exact) mass is 294 g/mol. The van der Waals surface area contributed by atoms with Gasteiger partial charge in [0.1, 0.15) is 0 Å². The molecule has 0 saturated carbocycles. The Kier molecular flexibility index (Phi) is 2.48. The van der Waals surface area contributed by atoms with Gasteiger partial charge in [-0.25, -0.2) is 0 Å². The van der Waals surface area contributed by atoms with Crippen molar-refractivity contribution in [2.24, 2.45) is 0 Å². The molecule has 0 bridgehead atoms. The summed E-state index contributed by atoms with van der Waals surface area (Å²) in [5, 5.41) is 0. The van der Waals surface area contributed by atoms with E-state index >= 15 is 0 Å². The summed E-state index contributed by atoms with van der Waals surface area (Å²) in [5.41, 5.74) is 7.60. The van der Waals surface area contributed by atoms with Gasteiger partial charge in [-0.3, -0.25) is 4.79 Å². The van der Waals surface area contributed by atoms with Crippen LogP contribution in [0.1, 0.15) is 38.5 Å². The number of carbonyl (C=O) groups is 1. The molecule has 0 N–H and O–H groups in total. The minimum Gasteiger partial charge on any atom is -0.289 e. The van der Waals surface area contributed by atoms with Crippen molar-refractivity contribution in [3.8, 4) is 0 Å². The zero-order valence-corrected chi connectivity index (χ0v) is 12.5. The van der Waals surface area contributed by atoms with Gasteiger partial charge in [0, 0.05) is 17.1 Å². The van der Waals surface area contributed by atoms with Crippen LogP contribution < -0.4 is 0 Å². The Hall–Kier alpha value is -2.93. The quantitative estimate of drug-likeness (QED) is 0.621. The predicted octanol–water partition coefficient (Wildman–Crippen LogP) is 4.94. The Bertz CT molecular complexity index is 980. The first kappa shape index (κ1) is 12.6. The van der Waals surface area contributed by atoms with Crippen LogP contribution in [0, 0.1) is 0 Å². The molecule has 0 saturated heterocycles. The van der Waals surface area contributed by atoms with E-state index < -0.39 is 0 Å². The molecule has 108 valence electrons. The lowest BCUT2D eigenvalue weighted by atomic mass is 9.85. The Morgan fingerprint density at radius 3 is 2.00 bits per heavy atom. The number of fused-ring (bicyclic) bond motifs is 4. The average Bonchev–Trinajstić information content (AvgIpc) is 3.10. The van der Waals surface area contributed by atoms with E-state index in [9.17, 15) is 4.79 Å². The van der Waals surface area contributed by atoms with Crippen LogP contribution in [0.25, 0.3) is 11.1 Å². The summed E-state index contributed by atoms with van der Waals surface area (Å²) < 4.78 is 0. The molecule has 1 atom stereocenters. The standard InChI is InChI=1S/C22H14O/c23-22-18-13-7-6-12-17(18)20-19(14-8-2-1-3-9-14)15-10-4-5-11-16(15)21(20)22/h1-13,19H. The Balaban J connectivity index is 1.84. The van der Waals surface area contributed by atoms with Crippen molar-refractivity contribution in [2.75, 3.05) is 0 Å². The van der Waals surface area contributed by atoms with Crippen LogP contribution in [0.3, 0.4) is 0 Å². The van der Waals surface area contributed by atoms with Gasteiger partial charge in [0.2, 0.25) is 0 Å². The first-order valence-electron chi connectivity index (χ1n) is 7.89. The van der Waals surface area contributed by atoms with Crippen molar-refractivity contribution in [2.45, 2.75) is 5.92 Å². The highest BCUT2D eigenvalue weighted by Crippen LogP contribution is 2.54. The summed E-state index contributed by atoms with van der Waals surface area (Å²) in [4.78, 5) is 13.0. The van der Waals surface area contributed by atoms with Crippen molar-refractivity contribution in [1.82, 2.24) is 0 Å². The van der Waals surface area contributed by atoms with Gasteiger partial charge in [0.25, 0.3) is 0 Å². The molecular weight excluding hydrogens is 280 g/mol. The van der Waals surface area contributed by atoms with Crippen molar-refractivity contribution < 1.29 is 4.79 Å². The number of benzene rings is 3. The number of allylic oxidation sites excluding steroid dienone is 2. The zero-order chi connectivity index (χ0) is 15.4. The molecule has 5 rings (SSSR count). The summed E-state index contributed by atoms with van der Waals surface area (Å²) in [6.07, 6.45) is 0. The second-order valence-electron chi connectivity index (χ2n) is 6.09. The van der Waals surface area contributed by atoms with Gasteiger partial charge in [-0.1, -0.05) is 78.9 Å². The third-order valence-electron chi connectivity index (χ3n) is 4.92. The summed E-state index contributed by atoms with van der Waals surface area (Å²) >= 11 is 0. The first-order valence-corrected chi connectivity index (χ1v) is 7.89. The van der Waals surface area contributed by atoms with Gasteiger partial charge < -0.3 is 0 Å². The number of Topliss-reactive ketones (excluding diaryl/α,β-unsaturated/α-hetero) is 1. The summed E-state index contributed by atoms with van der Waals surface area (Å²) in [6.45, 7) is 0. The fourth-order valence-corrected chi connectivity index (χ4v) is 4.00. The van der Waals surface area contributed by atoms with Crippen LogP contribution in [0.4, 0.5) is 0 Å². The van der Waals surface area contributed by atoms with Crippen LogP contribution in [0.2, 0.25) is 0 Å². The van der Waals surface area contributed by atoms with E-state index in [1.54, 1.807) is 0 Å². The maximum Gasteiger partial charge on any atom is 0.194 e. The van der Waals surface area contributed by atoms with Gasteiger partial charge in [-0.15, -0.1) is 0 Å². The van der Waals surface area contributed by atoms with E-state index in [0.29, 0.717) is 0 Å². The zero-order valence-electron chi connectivity index (χ0n) is 12.5. The molecule has 3 aromatic carbocycles. The molecule has 0 aliphatic heterocycles. The van der Waals surface area contributed by atoms with E-state index in [1.165, 1.54) is 16.7 Å². The van der Waals surface area contributed by atoms with E-state index in [0.717, 1.165) is 22.3 Å². The Morgan fingerprint density at radius 2 is 1.22 bits per heavy atom. The van der Waals surface area contributed by atoms with Crippen molar-refractivity contribution in [1.29, 1.82) is 0 Å². The highest BCUT2D eigenvalue weighted by molar-refractivity contribution is 6.42. The fraction of sp³-hybridized carbons (Fsp3) is 0.0455. The molecule has 3 aromatic rings. The van der Waals surface area contributed by atoms with E-state index in [4.69, 9.17) is 0 Å². The minimum absolute atomic E-state index is 0.148. The van der Waals surface area contributed by atoms with Crippen molar-refractivity contribution in [3.63, 3.8) is 0 Å². The van der Waals surface area contributed by atoms with E-state index in [1.807, 2.05) is 30.3 Å². The van der Waals surface area contributed by atoms with Gasteiger partial charge >= 0.3 is 0 Å². The molecule has 1 nitrogen and oxygen atoms in total. The predicted molar refractivity (Wildman–Crippen MR) is 92.3 cm³/mol. The summed E-state index contributed by atoms with van der Waals surface area (Å²) in [6, 6.07) is 26.8. The molecular formula is C22H14O. The van der Waals surface area contributed by atoms with Crippen LogP contribution in [0.5, 0.6) is 0 Å². The second kappa shape index (κ2) is 4.53. The molecule has 0 radical (unpaired) electrons. The molecule has 0 fully saturated rings. The maximum atomic E-state index is 13.0. The van der Waals surface area contributed by atoms with E-state index in [-0.39, 0.29) is 11.7 Å². The molecule has 0 amide bonds. The first-order chi connectivity index (χ1) is 11.4. The lowest BCUT2D eigenvalue weighted by molar-refractivity contribution is 0.105. The molecule has 0 aromatic heterocycles. The highest BCUT2D eigenvalue weighted by atomic mass is 16.1. The number of rotatable bonds is 1. The van der Waals surface area contributed by atoms with Gasteiger partial charge in [0.15, 0.2) is 5.78 Å². The van der Waals surface area contributed by atoms with Gasteiger partial charge in [-0.2, -0.15) is 0 Å². The number of hydrogen-bond donors (Lipinski definition) is 0. The molecule has 0 spiro atoms. The SMILES string of the molecule is O=C1C2=C(c3ccccc31)C(c1ccccc1)c1ccccc12. The molecule has 2 aliphatic carbocycles. The maximum absolute atomic E-state index is 13.0. The van der Waals surface area contributed by atoms with Crippen molar-refractivity contribution in [3.05, 3.63) is 107 Å². The lowest BCUT2D eigenvalue weighted by Gasteiger charge is -2.18. The van der Waals surface area contributed by atoms with Gasteiger partial charge in [0.05, 0.1) is 0 Å². The molecule has 23 heavy (non-hydrogen) atoms. The third-order valence-corrected chi connectivity index (χ3v) is 4.92. The smallest absolute Gasteiger partial charge is 0.194 e. The molecule has 1 unspecified atom stereocenters. The number of carbonyl (C=O) groups excluding carboxylic acids is 1. The van der Waals surface area contributed by atoms with Crippen LogP contribution in [0.15, 0.2) is 78.9 Å². The molecule has 1 heteroatoms. The fourth-order valence-electron chi connectivity index (χ4n) is 4.00. The number of ketones is 1. The topological polar surface area (TPSA) is 17.1 Å². The lowest BCUT2D eigenvalue weighted by Crippen LogP contribution is -2.03. The highest BCUT2D eigenvalue weighted by Gasteiger charge is 2.41. The summed E-state index contributed by atoms with van der Waals surface area (Å²) in [5.74, 6) is 0.316. The van der Waals surface area contributed by atoms with E-state index in [2.05, 4.69) is 48.5 Å². The Labute approximate surface area is 134 Å². The van der Waals surface area contributed by atoms with Crippen LogP contribution in [-0.2, 0) is 0 Å². The second-order valence-corrected chi connectivity index (χ2v) is 6.09. The summed E-state index contributed by atoms with van der Waals surface area (Å²) in [7, 11) is 0. The van der Waals surface area contributed by atoms with Crippen molar-refractivity contribution >= 4 is 16.9 Å². The number of hydrogen-bond acceptors (Lipinski definition) is 1. The third kappa shape index (κ3) is 1.59. The Morgan fingerprint density at radius 1 is 0.609 bits per heavy atom. The van der Waals surface area contributed by atoms with Gasteiger partial charge in [-0.05, 0) is 27.8 Å². The largest absolute Gasteiger partial charge is 0.289 e. The average molecular weight is 294 g/mol. The minimum atomic E-state index is 0.148. The normalized spacial score (nSPS) is 17.9. The molecule has 2 aliphatic rings. The molecule has 0 heterocycles. The van der Waals surface area contributed by atoms with Crippen LogP contribution >= 0.6 is 0 Å².